The van der Waals surface area contributed by atoms with Crippen molar-refractivity contribution in [2.24, 2.45) is 5.10 Å². The second kappa shape index (κ2) is 9.31. The van der Waals surface area contributed by atoms with Crippen LogP contribution in [0.4, 0.5) is 0 Å². The summed E-state index contributed by atoms with van der Waals surface area (Å²) in [7, 11) is 4.77. The van der Waals surface area contributed by atoms with Crippen LogP contribution in [0, 0.1) is 0 Å². The quantitative estimate of drug-likeness (QED) is 0.331. The molecule has 4 aromatic rings. The third-order valence-corrected chi connectivity index (χ3v) is 6.24. The summed E-state index contributed by atoms with van der Waals surface area (Å²) in [5.41, 5.74) is 2.79. The standard InChI is InChI=1S/C26H22ClN3O5/c1-32-16-7-6-15-11-19(25(27)28-20(15)12-16)22-14-21(18-9-8-17(33-2)13-24(18)34-3)29-30(22)26(31)23-5-4-10-35-23/h4-13,22H,14H2,1-3H3. The number of pyridine rings is 1. The lowest BCUT2D eigenvalue weighted by Gasteiger charge is -2.22. The number of nitrogens with zero attached hydrogens (tertiary/aromatic N) is 3. The molecule has 0 fully saturated rings. The zero-order chi connectivity index (χ0) is 24.5. The van der Waals surface area contributed by atoms with E-state index in [9.17, 15) is 4.79 Å². The lowest BCUT2D eigenvalue weighted by atomic mass is 9.97. The average Bonchev–Trinajstić information content (AvgIpc) is 3.58. The van der Waals surface area contributed by atoms with Gasteiger partial charge in [0.05, 0.1) is 44.9 Å². The van der Waals surface area contributed by atoms with Gasteiger partial charge in [-0.3, -0.25) is 4.79 Å². The minimum atomic E-state index is -0.499. The van der Waals surface area contributed by atoms with Crippen LogP contribution in [0.5, 0.6) is 17.2 Å². The number of hydrogen-bond donors (Lipinski definition) is 0. The SMILES string of the molecule is COc1ccc(C2=NN(C(=O)c3ccco3)C(c3cc4ccc(OC)cc4nc3Cl)C2)c(OC)c1. The van der Waals surface area contributed by atoms with Gasteiger partial charge in [0.2, 0.25) is 0 Å². The third kappa shape index (κ3) is 4.17. The Kier molecular flexibility index (Phi) is 6.05. The van der Waals surface area contributed by atoms with Crippen LogP contribution < -0.4 is 14.2 Å². The van der Waals surface area contributed by atoms with Gasteiger partial charge in [-0.25, -0.2) is 9.99 Å². The first kappa shape index (κ1) is 22.7. The van der Waals surface area contributed by atoms with E-state index in [1.807, 2.05) is 36.4 Å². The van der Waals surface area contributed by atoms with E-state index < -0.39 is 6.04 Å². The molecular weight excluding hydrogens is 470 g/mol. The molecule has 35 heavy (non-hydrogen) atoms. The van der Waals surface area contributed by atoms with Gasteiger partial charge in [-0.15, -0.1) is 0 Å². The molecule has 0 bridgehead atoms. The van der Waals surface area contributed by atoms with Crippen LogP contribution in [0.2, 0.25) is 5.15 Å². The van der Waals surface area contributed by atoms with Gasteiger partial charge in [0.15, 0.2) is 5.76 Å². The number of furan rings is 1. The highest BCUT2D eigenvalue weighted by Gasteiger charge is 2.37. The van der Waals surface area contributed by atoms with Crippen LogP contribution in [-0.2, 0) is 0 Å². The first-order valence-electron chi connectivity index (χ1n) is 10.8. The van der Waals surface area contributed by atoms with E-state index in [4.69, 9.17) is 35.3 Å². The first-order chi connectivity index (χ1) is 17.0. The molecule has 5 rings (SSSR count). The number of ether oxygens (including phenoxy) is 3. The highest BCUT2D eigenvalue weighted by molar-refractivity contribution is 6.30. The molecule has 0 N–H and O–H groups in total. The van der Waals surface area contributed by atoms with Gasteiger partial charge < -0.3 is 18.6 Å². The number of rotatable bonds is 6. The topological polar surface area (TPSA) is 86.4 Å². The zero-order valence-electron chi connectivity index (χ0n) is 19.3. The van der Waals surface area contributed by atoms with Crippen molar-refractivity contribution < 1.29 is 23.4 Å². The minimum absolute atomic E-state index is 0.177. The van der Waals surface area contributed by atoms with Crippen LogP contribution in [0.1, 0.15) is 34.1 Å². The largest absolute Gasteiger partial charge is 0.497 e. The molecule has 2 aromatic carbocycles. The van der Waals surface area contributed by atoms with Crippen molar-refractivity contribution in [3.63, 3.8) is 0 Å². The number of aromatic nitrogens is 1. The van der Waals surface area contributed by atoms with Gasteiger partial charge in [0, 0.05) is 35.1 Å². The molecular formula is C26H22ClN3O5. The number of carbonyl (C=O) groups is 1. The summed E-state index contributed by atoms with van der Waals surface area (Å²) in [4.78, 5) is 17.9. The Labute approximate surface area is 206 Å². The molecule has 1 aliphatic heterocycles. The van der Waals surface area contributed by atoms with Crippen molar-refractivity contribution in [2.45, 2.75) is 12.5 Å². The van der Waals surface area contributed by atoms with E-state index in [-0.39, 0.29) is 16.8 Å². The van der Waals surface area contributed by atoms with Crippen molar-refractivity contribution >= 4 is 34.1 Å². The number of amides is 1. The number of fused-ring (bicyclic) bond motifs is 1. The Hall–Kier alpha value is -4.04. The van der Waals surface area contributed by atoms with E-state index in [0.29, 0.717) is 40.5 Å². The molecule has 8 nitrogen and oxygen atoms in total. The minimum Gasteiger partial charge on any atom is -0.497 e. The highest BCUT2D eigenvalue weighted by Crippen LogP contribution is 2.40. The Morgan fingerprint density at radius 2 is 1.80 bits per heavy atom. The number of halogens is 1. The number of hydrazone groups is 1. The fraction of sp³-hybridized carbons (Fsp3) is 0.192. The number of methoxy groups -OCH3 is 3. The van der Waals surface area contributed by atoms with Crippen molar-refractivity contribution in [3.05, 3.63) is 82.9 Å². The number of benzene rings is 2. The molecule has 0 saturated carbocycles. The molecule has 0 saturated heterocycles. The number of hydrogen-bond acceptors (Lipinski definition) is 7. The van der Waals surface area contributed by atoms with Gasteiger partial charge >= 0.3 is 5.91 Å². The van der Waals surface area contributed by atoms with Crippen LogP contribution in [0.15, 0.2) is 70.4 Å². The molecule has 0 radical (unpaired) electrons. The molecule has 3 heterocycles. The molecule has 1 aliphatic rings. The molecule has 0 spiro atoms. The van der Waals surface area contributed by atoms with E-state index in [0.717, 1.165) is 10.9 Å². The first-order valence-corrected chi connectivity index (χ1v) is 11.2. The van der Waals surface area contributed by atoms with E-state index in [2.05, 4.69) is 4.98 Å². The molecule has 1 unspecified atom stereocenters. The van der Waals surface area contributed by atoms with Crippen molar-refractivity contribution in [1.82, 2.24) is 9.99 Å². The molecule has 1 amide bonds. The van der Waals surface area contributed by atoms with Crippen molar-refractivity contribution in [1.29, 1.82) is 0 Å². The predicted octanol–water partition coefficient (Wildman–Crippen LogP) is 5.50. The lowest BCUT2D eigenvalue weighted by Crippen LogP contribution is -2.27. The normalized spacial score (nSPS) is 15.3. The summed E-state index contributed by atoms with van der Waals surface area (Å²) in [6.07, 6.45) is 1.85. The van der Waals surface area contributed by atoms with E-state index in [1.165, 1.54) is 11.3 Å². The fourth-order valence-electron chi connectivity index (χ4n) is 4.15. The maximum absolute atomic E-state index is 13.4. The second-order valence-electron chi connectivity index (χ2n) is 7.89. The van der Waals surface area contributed by atoms with Gasteiger partial charge in [0.25, 0.3) is 0 Å². The fourth-order valence-corrected chi connectivity index (χ4v) is 4.42. The highest BCUT2D eigenvalue weighted by atomic mass is 35.5. The zero-order valence-corrected chi connectivity index (χ0v) is 20.1. The summed E-state index contributed by atoms with van der Waals surface area (Å²) in [6.45, 7) is 0. The van der Waals surface area contributed by atoms with Crippen LogP contribution in [0.3, 0.4) is 0 Å². The number of carbonyl (C=O) groups excluding carboxylic acids is 1. The van der Waals surface area contributed by atoms with Crippen molar-refractivity contribution in [3.8, 4) is 17.2 Å². The third-order valence-electron chi connectivity index (χ3n) is 5.93. The Morgan fingerprint density at radius 3 is 2.51 bits per heavy atom. The Bertz CT molecular complexity index is 1430. The smallest absolute Gasteiger partial charge is 0.310 e. The van der Waals surface area contributed by atoms with E-state index >= 15 is 0 Å². The van der Waals surface area contributed by atoms with Crippen LogP contribution >= 0.6 is 11.6 Å². The van der Waals surface area contributed by atoms with Crippen LogP contribution in [0.25, 0.3) is 10.9 Å². The lowest BCUT2D eigenvalue weighted by molar-refractivity contribution is 0.0678. The maximum Gasteiger partial charge on any atom is 0.310 e. The summed E-state index contributed by atoms with van der Waals surface area (Å²) in [5, 5.41) is 7.25. The molecule has 2 aromatic heterocycles. The predicted molar refractivity (Wildman–Crippen MR) is 132 cm³/mol. The molecule has 178 valence electrons. The monoisotopic (exact) mass is 491 g/mol. The van der Waals surface area contributed by atoms with E-state index in [1.54, 1.807) is 39.5 Å². The maximum atomic E-state index is 13.4. The molecule has 9 heteroatoms. The molecule has 0 aliphatic carbocycles. The van der Waals surface area contributed by atoms with Gasteiger partial charge in [-0.1, -0.05) is 11.6 Å². The Morgan fingerprint density at radius 1 is 1.03 bits per heavy atom. The second-order valence-corrected chi connectivity index (χ2v) is 8.24. The van der Waals surface area contributed by atoms with Crippen LogP contribution in [-0.4, -0.2) is 42.9 Å². The van der Waals surface area contributed by atoms with Gasteiger partial charge in [-0.05, 0) is 42.5 Å². The van der Waals surface area contributed by atoms with Crippen molar-refractivity contribution in [2.75, 3.05) is 21.3 Å². The van der Waals surface area contributed by atoms with Gasteiger partial charge in [0.1, 0.15) is 22.4 Å². The average molecular weight is 492 g/mol. The Balaban J connectivity index is 1.60. The summed E-state index contributed by atoms with van der Waals surface area (Å²) < 4.78 is 21.6. The summed E-state index contributed by atoms with van der Waals surface area (Å²) in [6, 6.07) is 15.7. The summed E-state index contributed by atoms with van der Waals surface area (Å²) in [5.74, 6) is 1.72. The van der Waals surface area contributed by atoms with Gasteiger partial charge in [-0.2, -0.15) is 5.10 Å². The summed E-state index contributed by atoms with van der Waals surface area (Å²) >= 11 is 6.66. The molecule has 1 atom stereocenters.